The number of hydrogen-bond donors (Lipinski definition) is 1. The van der Waals surface area contributed by atoms with E-state index in [4.69, 9.17) is 10.5 Å². The van der Waals surface area contributed by atoms with Crippen molar-refractivity contribution in [1.29, 1.82) is 0 Å². The van der Waals surface area contributed by atoms with Crippen LogP contribution in [0.15, 0.2) is 0 Å². The summed E-state index contributed by atoms with van der Waals surface area (Å²) in [6.07, 6.45) is 6.97. The van der Waals surface area contributed by atoms with Crippen molar-refractivity contribution in [3.05, 3.63) is 0 Å². The van der Waals surface area contributed by atoms with Crippen molar-refractivity contribution in [2.45, 2.75) is 71.8 Å². The molecule has 0 aliphatic heterocycles. The summed E-state index contributed by atoms with van der Waals surface area (Å²) in [7, 11) is 0. The van der Waals surface area contributed by atoms with Crippen LogP contribution in [0.1, 0.15) is 66.2 Å². The number of unbranched alkanes of at least 4 members (excludes halogenated alkanes) is 1. The summed E-state index contributed by atoms with van der Waals surface area (Å²) in [5.41, 5.74) is 6.40. The lowest BCUT2D eigenvalue weighted by Gasteiger charge is -2.34. The summed E-state index contributed by atoms with van der Waals surface area (Å²) < 4.78 is 5.56. The minimum atomic E-state index is -0.0136. The SMILES string of the molecule is CCCC[C@](C)(N)C(CC)CCOCCC. The largest absolute Gasteiger partial charge is 0.381 e. The average Bonchev–Trinajstić information content (AvgIpc) is 2.26. The van der Waals surface area contributed by atoms with Gasteiger partial charge in [0.2, 0.25) is 0 Å². The van der Waals surface area contributed by atoms with Gasteiger partial charge in [0.05, 0.1) is 0 Å². The number of ether oxygens (including phenoxy) is 1. The number of rotatable bonds is 10. The van der Waals surface area contributed by atoms with E-state index >= 15 is 0 Å². The molecule has 2 heteroatoms. The first-order valence-corrected chi connectivity index (χ1v) is 6.95. The fraction of sp³-hybridized carbons (Fsp3) is 1.00. The van der Waals surface area contributed by atoms with Crippen molar-refractivity contribution >= 4 is 0 Å². The fourth-order valence-corrected chi connectivity index (χ4v) is 2.23. The lowest BCUT2D eigenvalue weighted by Crippen LogP contribution is -2.44. The summed E-state index contributed by atoms with van der Waals surface area (Å²) in [6.45, 7) is 10.6. The summed E-state index contributed by atoms with van der Waals surface area (Å²) in [5.74, 6) is 0.593. The predicted octanol–water partition coefficient (Wildman–Crippen LogP) is 3.74. The first-order chi connectivity index (χ1) is 7.58. The van der Waals surface area contributed by atoms with Crippen molar-refractivity contribution in [2.75, 3.05) is 13.2 Å². The van der Waals surface area contributed by atoms with E-state index in [1.165, 1.54) is 12.8 Å². The first kappa shape index (κ1) is 15.9. The molecule has 0 saturated carbocycles. The van der Waals surface area contributed by atoms with Gasteiger partial charge in [-0.05, 0) is 32.1 Å². The first-order valence-electron chi connectivity index (χ1n) is 6.95. The minimum absolute atomic E-state index is 0.0136. The Morgan fingerprint density at radius 1 is 1.12 bits per heavy atom. The molecule has 16 heavy (non-hydrogen) atoms. The van der Waals surface area contributed by atoms with Gasteiger partial charge in [-0.2, -0.15) is 0 Å². The third kappa shape index (κ3) is 6.49. The van der Waals surface area contributed by atoms with Crippen LogP contribution < -0.4 is 5.73 Å². The van der Waals surface area contributed by atoms with E-state index in [-0.39, 0.29) is 5.54 Å². The molecular weight excluding hydrogens is 198 g/mol. The normalized spacial score (nSPS) is 17.1. The lowest BCUT2D eigenvalue weighted by molar-refractivity contribution is 0.104. The maximum atomic E-state index is 6.42. The highest BCUT2D eigenvalue weighted by molar-refractivity contribution is 4.86. The topological polar surface area (TPSA) is 35.2 Å². The van der Waals surface area contributed by atoms with Crippen LogP contribution in [0.5, 0.6) is 0 Å². The average molecular weight is 229 g/mol. The van der Waals surface area contributed by atoms with Crippen molar-refractivity contribution in [3.8, 4) is 0 Å². The number of nitrogens with two attached hydrogens (primary N) is 1. The van der Waals surface area contributed by atoms with Crippen LogP contribution in [0.4, 0.5) is 0 Å². The Balaban J connectivity index is 3.93. The molecule has 0 spiro atoms. The van der Waals surface area contributed by atoms with Gasteiger partial charge in [-0.15, -0.1) is 0 Å². The molecule has 0 fully saturated rings. The zero-order valence-electron chi connectivity index (χ0n) is 11.7. The molecule has 0 saturated heterocycles. The fourth-order valence-electron chi connectivity index (χ4n) is 2.23. The van der Waals surface area contributed by atoms with E-state index in [1.54, 1.807) is 0 Å². The predicted molar refractivity (Wildman–Crippen MR) is 71.6 cm³/mol. The van der Waals surface area contributed by atoms with E-state index in [9.17, 15) is 0 Å². The quantitative estimate of drug-likeness (QED) is 0.579. The standard InChI is InChI=1S/C14H31NO/c1-5-8-10-14(4,15)13(7-3)9-12-16-11-6-2/h13H,5-12,15H2,1-4H3/t13?,14-/m0/s1. The van der Waals surface area contributed by atoms with Gasteiger partial charge in [0.15, 0.2) is 0 Å². The molecule has 0 aromatic heterocycles. The van der Waals surface area contributed by atoms with Crippen molar-refractivity contribution in [3.63, 3.8) is 0 Å². The van der Waals surface area contributed by atoms with E-state index in [1.807, 2.05) is 0 Å². The summed E-state index contributed by atoms with van der Waals surface area (Å²) in [6, 6.07) is 0. The molecule has 2 nitrogen and oxygen atoms in total. The molecule has 0 aromatic carbocycles. The maximum Gasteiger partial charge on any atom is 0.0469 e. The molecule has 0 bridgehead atoms. The molecule has 98 valence electrons. The van der Waals surface area contributed by atoms with E-state index in [0.717, 1.165) is 38.9 Å². The molecule has 0 heterocycles. The van der Waals surface area contributed by atoms with E-state index in [0.29, 0.717) is 5.92 Å². The number of hydrogen-bond acceptors (Lipinski definition) is 2. The molecule has 0 aliphatic rings. The molecule has 0 rings (SSSR count). The van der Waals surface area contributed by atoms with Crippen molar-refractivity contribution < 1.29 is 4.74 Å². The van der Waals surface area contributed by atoms with Crippen LogP contribution in [-0.4, -0.2) is 18.8 Å². The van der Waals surface area contributed by atoms with Gasteiger partial charge in [-0.25, -0.2) is 0 Å². The van der Waals surface area contributed by atoms with Crippen LogP contribution in [-0.2, 0) is 4.74 Å². The Morgan fingerprint density at radius 2 is 1.81 bits per heavy atom. The Hall–Kier alpha value is -0.0800. The smallest absolute Gasteiger partial charge is 0.0469 e. The van der Waals surface area contributed by atoms with Gasteiger partial charge < -0.3 is 10.5 Å². The Bertz CT molecular complexity index is 157. The van der Waals surface area contributed by atoms with Gasteiger partial charge in [0, 0.05) is 18.8 Å². The minimum Gasteiger partial charge on any atom is -0.381 e. The van der Waals surface area contributed by atoms with Crippen LogP contribution >= 0.6 is 0 Å². The molecule has 2 atom stereocenters. The van der Waals surface area contributed by atoms with Gasteiger partial charge in [0.1, 0.15) is 0 Å². The molecule has 0 aliphatic carbocycles. The van der Waals surface area contributed by atoms with E-state index < -0.39 is 0 Å². The highest BCUT2D eigenvalue weighted by atomic mass is 16.5. The van der Waals surface area contributed by atoms with Gasteiger partial charge >= 0.3 is 0 Å². The Labute approximate surface area is 102 Å². The molecule has 2 N–H and O–H groups in total. The Morgan fingerprint density at radius 3 is 2.31 bits per heavy atom. The van der Waals surface area contributed by atoms with Crippen LogP contribution in [0.3, 0.4) is 0 Å². The highest BCUT2D eigenvalue weighted by Gasteiger charge is 2.27. The molecule has 0 radical (unpaired) electrons. The van der Waals surface area contributed by atoms with Crippen LogP contribution in [0.2, 0.25) is 0 Å². The highest BCUT2D eigenvalue weighted by Crippen LogP contribution is 2.26. The molecule has 0 aromatic rings. The second-order valence-electron chi connectivity index (χ2n) is 5.12. The van der Waals surface area contributed by atoms with Crippen molar-refractivity contribution in [1.82, 2.24) is 0 Å². The summed E-state index contributed by atoms with van der Waals surface area (Å²) in [4.78, 5) is 0. The Kier molecular flexibility index (Phi) is 8.96. The lowest BCUT2D eigenvalue weighted by atomic mass is 9.79. The molecule has 0 amide bonds. The van der Waals surface area contributed by atoms with Gasteiger partial charge in [-0.3, -0.25) is 0 Å². The third-order valence-corrected chi connectivity index (χ3v) is 3.45. The van der Waals surface area contributed by atoms with Crippen LogP contribution in [0, 0.1) is 5.92 Å². The second kappa shape index (κ2) is 9.00. The maximum absolute atomic E-state index is 6.42. The van der Waals surface area contributed by atoms with Crippen LogP contribution in [0.25, 0.3) is 0 Å². The van der Waals surface area contributed by atoms with Gasteiger partial charge in [0.25, 0.3) is 0 Å². The van der Waals surface area contributed by atoms with Crippen molar-refractivity contribution in [2.24, 2.45) is 11.7 Å². The molecule has 1 unspecified atom stereocenters. The zero-order chi connectivity index (χ0) is 12.4. The second-order valence-corrected chi connectivity index (χ2v) is 5.12. The third-order valence-electron chi connectivity index (χ3n) is 3.45. The van der Waals surface area contributed by atoms with E-state index in [2.05, 4.69) is 27.7 Å². The summed E-state index contributed by atoms with van der Waals surface area (Å²) >= 11 is 0. The zero-order valence-corrected chi connectivity index (χ0v) is 11.7. The monoisotopic (exact) mass is 229 g/mol. The summed E-state index contributed by atoms with van der Waals surface area (Å²) in [5, 5.41) is 0. The molecular formula is C14H31NO. The van der Waals surface area contributed by atoms with Gasteiger partial charge in [-0.1, -0.05) is 40.0 Å².